The van der Waals surface area contributed by atoms with Crippen molar-refractivity contribution in [1.82, 2.24) is 5.32 Å². The number of aryl methyl sites for hydroxylation is 1. The molecule has 0 aliphatic carbocycles. The number of hydrogen-bond acceptors (Lipinski definition) is 5. The van der Waals surface area contributed by atoms with E-state index < -0.39 is 32.6 Å². The molecule has 0 spiro atoms. The predicted molar refractivity (Wildman–Crippen MR) is 114 cm³/mol. The number of hydrogen-bond donors (Lipinski definition) is 1. The number of nitrogens with one attached hydrogen (secondary N) is 1. The van der Waals surface area contributed by atoms with Crippen LogP contribution in [-0.4, -0.2) is 31.3 Å². The normalized spacial score (nSPS) is 24.6. The monoisotopic (exact) mass is 435 g/mol. The maximum absolute atomic E-state index is 13.5. The molecule has 0 aromatic heterocycles. The van der Waals surface area contributed by atoms with E-state index in [1.807, 2.05) is 6.92 Å². The van der Waals surface area contributed by atoms with Crippen LogP contribution in [-0.2, 0) is 19.4 Å². The van der Waals surface area contributed by atoms with Crippen LogP contribution in [0.3, 0.4) is 0 Å². The van der Waals surface area contributed by atoms with Gasteiger partial charge in [-0.05, 0) is 63.9 Å². The summed E-state index contributed by atoms with van der Waals surface area (Å²) in [5.74, 6) is -0.451. The van der Waals surface area contributed by atoms with Gasteiger partial charge in [-0.2, -0.15) is 0 Å². The van der Waals surface area contributed by atoms with Gasteiger partial charge in [-0.15, -0.1) is 0 Å². The zero-order valence-electron chi connectivity index (χ0n) is 17.0. The number of rotatable bonds is 5. The van der Waals surface area contributed by atoms with Crippen LogP contribution < -0.4 is 5.32 Å². The number of sulfone groups is 1. The second-order valence-corrected chi connectivity index (χ2v) is 10.7. The fourth-order valence-corrected chi connectivity index (χ4v) is 5.79. The Kier molecular flexibility index (Phi) is 6.08. The van der Waals surface area contributed by atoms with Crippen LogP contribution in [0.2, 0.25) is 5.02 Å². The van der Waals surface area contributed by atoms with Crippen molar-refractivity contribution in [2.45, 2.75) is 61.9 Å². The molecule has 2 aromatic carbocycles. The lowest BCUT2D eigenvalue weighted by Crippen LogP contribution is -2.47. The number of carbonyl (C=O) groups excluding carboxylic acids is 1. The van der Waals surface area contributed by atoms with Gasteiger partial charge in [-0.1, -0.05) is 41.4 Å². The molecule has 5 nitrogen and oxygen atoms in total. The number of carbonyl (C=O) groups is 1. The van der Waals surface area contributed by atoms with E-state index in [1.54, 1.807) is 69.3 Å². The number of ether oxygens (including phenoxy) is 1. The maximum atomic E-state index is 13.5. The van der Waals surface area contributed by atoms with Gasteiger partial charge in [0.2, 0.25) is 0 Å². The van der Waals surface area contributed by atoms with Crippen molar-refractivity contribution in [2.75, 3.05) is 0 Å². The van der Waals surface area contributed by atoms with Crippen LogP contribution in [0.5, 0.6) is 0 Å². The van der Waals surface area contributed by atoms with E-state index in [0.717, 1.165) is 11.1 Å². The first-order chi connectivity index (χ1) is 13.5. The van der Waals surface area contributed by atoms with Gasteiger partial charge < -0.3 is 4.74 Å². The zero-order chi connectivity index (χ0) is 21.4. The van der Waals surface area contributed by atoms with Crippen molar-refractivity contribution < 1.29 is 17.9 Å². The minimum absolute atomic E-state index is 0.113. The SMILES string of the molecule is Cc1ccc(S(=O)(=O)[C@H]2CC(C)(C(=O)OC(C)C)N[C@@H]2c2ccc(Cl)cc2)cc1. The fraction of sp³-hybridized carbons (Fsp3) is 0.409. The molecule has 1 N–H and O–H groups in total. The lowest BCUT2D eigenvalue weighted by Gasteiger charge is -2.25. The smallest absolute Gasteiger partial charge is 0.326 e. The zero-order valence-corrected chi connectivity index (χ0v) is 18.5. The minimum atomic E-state index is -3.70. The Balaban J connectivity index is 2.04. The van der Waals surface area contributed by atoms with Crippen LogP contribution in [0.1, 0.15) is 44.4 Å². The highest BCUT2D eigenvalue weighted by Gasteiger charge is 2.53. The maximum Gasteiger partial charge on any atom is 0.326 e. The second-order valence-electron chi connectivity index (χ2n) is 8.06. The van der Waals surface area contributed by atoms with E-state index in [0.29, 0.717) is 5.02 Å². The van der Waals surface area contributed by atoms with Gasteiger partial charge in [0.25, 0.3) is 0 Å². The lowest BCUT2D eigenvalue weighted by molar-refractivity contribution is -0.154. The number of esters is 1. The Bertz CT molecular complexity index is 986. The van der Waals surface area contributed by atoms with Gasteiger partial charge in [0.05, 0.1) is 22.3 Å². The molecule has 0 bridgehead atoms. The molecule has 0 radical (unpaired) electrons. The summed E-state index contributed by atoms with van der Waals surface area (Å²) < 4.78 is 32.4. The van der Waals surface area contributed by atoms with Crippen LogP contribution in [0.25, 0.3) is 0 Å². The van der Waals surface area contributed by atoms with Crippen LogP contribution >= 0.6 is 11.6 Å². The first-order valence-electron chi connectivity index (χ1n) is 9.58. The van der Waals surface area contributed by atoms with Crippen LogP contribution in [0.15, 0.2) is 53.4 Å². The topological polar surface area (TPSA) is 72.5 Å². The van der Waals surface area contributed by atoms with E-state index in [-0.39, 0.29) is 17.4 Å². The molecule has 1 saturated heterocycles. The highest BCUT2D eigenvalue weighted by molar-refractivity contribution is 7.92. The van der Waals surface area contributed by atoms with Crippen LogP contribution in [0, 0.1) is 6.92 Å². The van der Waals surface area contributed by atoms with E-state index in [9.17, 15) is 13.2 Å². The van der Waals surface area contributed by atoms with Crippen molar-refractivity contribution >= 4 is 27.4 Å². The Morgan fingerprint density at radius 1 is 1.14 bits per heavy atom. The van der Waals surface area contributed by atoms with Crippen molar-refractivity contribution in [3.05, 3.63) is 64.7 Å². The summed E-state index contributed by atoms with van der Waals surface area (Å²) in [6.45, 7) is 7.15. The summed E-state index contributed by atoms with van der Waals surface area (Å²) in [5.41, 5.74) is 0.626. The molecule has 0 amide bonds. The predicted octanol–water partition coefficient (Wildman–Crippen LogP) is 4.24. The summed E-state index contributed by atoms with van der Waals surface area (Å²) in [6, 6.07) is 13.2. The molecule has 1 unspecified atom stereocenters. The van der Waals surface area contributed by atoms with Gasteiger partial charge in [-0.3, -0.25) is 10.1 Å². The molecule has 0 saturated carbocycles. The third-order valence-corrected chi connectivity index (χ3v) is 7.64. The molecule has 1 fully saturated rings. The highest BCUT2D eigenvalue weighted by atomic mass is 35.5. The van der Waals surface area contributed by atoms with E-state index in [1.165, 1.54) is 0 Å². The van der Waals surface area contributed by atoms with Gasteiger partial charge in [0, 0.05) is 5.02 Å². The van der Waals surface area contributed by atoms with Gasteiger partial charge in [-0.25, -0.2) is 8.42 Å². The van der Waals surface area contributed by atoms with Gasteiger partial charge in [0.15, 0.2) is 9.84 Å². The summed E-state index contributed by atoms with van der Waals surface area (Å²) >= 11 is 6.01. The Morgan fingerprint density at radius 3 is 2.28 bits per heavy atom. The third-order valence-electron chi connectivity index (χ3n) is 5.23. The first kappa shape index (κ1) is 21.8. The average Bonchev–Trinajstić information content (AvgIpc) is 3.02. The summed E-state index contributed by atoms with van der Waals surface area (Å²) in [5, 5.41) is 2.99. The van der Waals surface area contributed by atoms with E-state index >= 15 is 0 Å². The van der Waals surface area contributed by atoms with Crippen molar-refractivity contribution in [3.8, 4) is 0 Å². The van der Waals surface area contributed by atoms with Crippen LogP contribution in [0.4, 0.5) is 0 Å². The average molecular weight is 436 g/mol. The van der Waals surface area contributed by atoms with E-state index in [2.05, 4.69) is 5.32 Å². The molecule has 29 heavy (non-hydrogen) atoms. The van der Waals surface area contributed by atoms with Gasteiger partial charge >= 0.3 is 5.97 Å². The van der Waals surface area contributed by atoms with Crippen molar-refractivity contribution in [3.63, 3.8) is 0 Å². The molecule has 3 rings (SSSR count). The largest absolute Gasteiger partial charge is 0.462 e. The fourth-order valence-electron chi connectivity index (χ4n) is 3.66. The molecule has 7 heteroatoms. The molecular formula is C22H26ClNO4S. The Morgan fingerprint density at radius 2 is 1.72 bits per heavy atom. The summed E-state index contributed by atoms with van der Waals surface area (Å²) in [7, 11) is -3.70. The van der Waals surface area contributed by atoms with Crippen molar-refractivity contribution in [2.24, 2.45) is 0 Å². The molecule has 2 aromatic rings. The second kappa shape index (κ2) is 8.09. The first-order valence-corrected chi connectivity index (χ1v) is 11.5. The molecule has 3 atom stereocenters. The molecule has 1 aliphatic rings. The Hall–Kier alpha value is -1.89. The standard InChI is InChI=1S/C22H26ClNO4S/c1-14(2)28-21(25)22(4)13-19(20(24-22)16-7-9-17(23)10-8-16)29(26,27)18-11-5-15(3)6-12-18/h5-12,14,19-20,24H,13H2,1-4H3/t19-,20+,22?/m0/s1. The Labute approximate surface area is 177 Å². The molecule has 1 aliphatic heterocycles. The van der Waals surface area contributed by atoms with E-state index in [4.69, 9.17) is 16.3 Å². The lowest BCUT2D eigenvalue weighted by atomic mass is 9.99. The molecule has 156 valence electrons. The molecule has 1 heterocycles. The van der Waals surface area contributed by atoms with Crippen molar-refractivity contribution in [1.29, 1.82) is 0 Å². The third kappa shape index (κ3) is 4.49. The summed E-state index contributed by atoms with van der Waals surface area (Å²) in [4.78, 5) is 13.0. The highest BCUT2D eigenvalue weighted by Crippen LogP contribution is 2.40. The minimum Gasteiger partial charge on any atom is -0.462 e. The quantitative estimate of drug-likeness (QED) is 0.711. The van der Waals surface area contributed by atoms with Gasteiger partial charge in [0.1, 0.15) is 5.54 Å². The summed E-state index contributed by atoms with van der Waals surface area (Å²) in [6.07, 6.45) is -0.176. The number of benzene rings is 2. The molecular weight excluding hydrogens is 410 g/mol. The number of halogens is 1.